The average Bonchev–Trinajstić information content (AvgIpc) is 2.66. The summed E-state index contributed by atoms with van der Waals surface area (Å²) in [5, 5.41) is 0. The molecule has 0 spiro atoms. The topological polar surface area (TPSA) is 26.3 Å². The standard InChI is InChI=1S/C23H28O2Se2/c1-4-5-8-17-21(26-19-13-9-6-10-14-19)22(23(24)25-18(2)3)27-20-15-11-7-12-16-20/h6-7,9-16,18H,4-5,8,17H2,1-3H3/b22-21-. The molecule has 0 amide bonds. The van der Waals surface area contributed by atoms with Crippen molar-refractivity contribution < 1.29 is 9.53 Å². The van der Waals surface area contributed by atoms with Crippen LogP contribution in [0.15, 0.2) is 69.6 Å². The van der Waals surface area contributed by atoms with Crippen LogP contribution < -0.4 is 8.92 Å². The van der Waals surface area contributed by atoms with Gasteiger partial charge in [0.15, 0.2) is 0 Å². The Hall–Kier alpha value is -1.31. The van der Waals surface area contributed by atoms with Crippen molar-refractivity contribution >= 4 is 44.8 Å². The third-order valence-electron chi connectivity index (χ3n) is 3.74. The Kier molecular flexibility index (Phi) is 9.94. The van der Waals surface area contributed by atoms with Gasteiger partial charge in [0.05, 0.1) is 0 Å². The van der Waals surface area contributed by atoms with Gasteiger partial charge in [0.2, 0.25) is 0 Å². The van der Waals surface area contributed by atoms with E-state index in [1.807, 2.05) is 38.1 Å². The molecule has 0 atom stereocenters. The van der Waals surface area contributed by atoms with Gasteiger partial charge >= 0.3 is 177 Å². The molecular weight excluding hydrogens is 466 g/mol. The van der Waals surface area contributed by atoms with E-state index < -0.39 is 0 Å². The monoisotopic (exact) mass is 496 g/mol. The first-order chi connectivity index (χ1) is 13.1. The maximum atomic E-state index is 13.0. The second-order valence-corrected chi connectivity index (χ2v) is 11.2. The number of rotatable bonds is 10. The number of carbonyl (C=O) groups excluding carboxylic acids is 1. The number of carbonyl (C=O) groups is 1. The summed E-state index contributed by atoms with van der Waals surface area (Å²) in [5.74, 6) is -0.127. The molecule has 0 aliphatic carbocycles. The average molecular weight is 494 g/mol. The Balaban J connectivity index is 2.38. The van der Waals surface area contributed by atoms with Gasteiger partial charge in [-0.3, -0.25) is 0 Å². The molecule has 0 fully saturated rings. The van der Waals surface area contributed by atoms with E-state index in [0.717, 1.165) is 17.3 Å². The van der Waals surface area contributed by atoms with Crippen molar-refractivity contribution in [2.45, 2.75) is 52.6 Å². The van der Waals surface area contributed by atoms with Crippen molar-refractivity contribution in [3.05, 3.63) is 69.6 Å². The second kappa shape index (κ2) is 12.2. The molecule has 4 heteroatoms. The molecule has 0 saturated carbocycles. The Labute approximate surface area is 176 Å². The van der Waals surface area contributed by atoms with Crippen LogP contribution in [-0.4, -0.2) is 42.0 Å². The van der Waals surface area contributed by atoms with Gasteiger partial charge in [0, 0.05) is 0 Å². The first kappa shape index (κ1) is 22.0. The maximum absolute atomic E-state index is 13.0. The van der Waals surface area contributed by atoms with Crippen LogP contribution in [0.2, 0.25) is 0 Å². The molecule has 0 bridgehead atoms. The van der Waals surface area contributed by atoms with Gasteiger partial charge in [-0.05, 0) is 0 Å². The van der Waals surface area contributed by atoms with E-state index >= 15 is 0 Å². The van der Waals surface area contributed by atoms with Crippen molar-refractivity contribution in [3.8, 4) is 0 Å². The zero-order chi connectivity index (χ0) is 19.5. The molecule has 2 rings (SSSR count). The number of unbranched alkanes of at least 4 members (excludes halogenated alkanes) is 2. The third kappa shape index (κ3) is 8.07. The van der Waals surface area contributed by atoms with Gasteiger partial charge in [-0.2, -0.15) is 0 Å². The summed E-state index contributed by atoms with van der Waals surface area (Å²) in [6.45, 7) is 6.06. The number of hydrogen-bond acceptors (Lipinski definition) is 2. The SMILES string of the molecule is CCCCC/C([Se]c1ccccc1)=C(/[Se]c1ccccc1)C(=O)OC(C)C. The van der Waals surface area contributed by atoms with Crippen LogP contribution in [0.25, 0.3) is 0 Å². The zero-order valence-corrected chi connectivity index (χ0v) is 19.7. The summed E-state index contributed by atoms with van der Waals surface area (Å²) >= 11 is 0.113. The summed E-state index contributed by atoms with van der Waals surface area (Å²) in [7, 11) is 0. The number of ether oxygens (including phenoxy) is 1. The Bertz CT molecular complexity index is 725. The third-order valence-corrected chi connectivity index (χ3v) is 9.19. The van der Waals surface area contributed by atoms with E-state index in [2.05, 4.69) is 43.3 Å². The minimum absolute atomic E-state index is 0.0364. The molecule has 0 radical (unpaired) electrons. The second-order valence-electron chi connectivity index (χ2n) is 6.49. The van der Waals surface area contributed by atoms with Gasteiger partial charge in [0.25, 0.3) is 0 Å². The summed E-state index contributed by atoms with van der Waals surface area (Å²) in [5.41, 5.74) is 0. The van der Waals surface area contributed by atoms with Crippen LogP contribution >= 0.6 is 0 Å². The predicted molar refractivity (Wildman–Crippen MR) is 116 cm³/mol. The van der Waals surface area contributed by atoms with Crippen molar-refractivity contribution in [1.82, 2.24) is 0 Å². The van der Waals surface area contributed by atoms with Crippen molar-refractivity contribution in [3.63, 3.8) is 0 Å². The summed E-state index contributed by atoms with van der Waals surface area (Å²) in [6.07, 6.45) is 4.39. The van der Waals surface area contributed by atoms with Crippen molar-refractivity contribution in [2.75, 3.05) is 0 Å². The summed E-state index contributed by atoms with van der Waals surface area (Å²) in [4.78, 5) is 13.0. The van der Waals surface area contributed by atoms with Gasteiger partial charge in [0.1, 0.15) is 0 Å². The van der Waals surface area contributed by atoms with Crippen LogP contribution in [0.5, 0.6) is 0 Å². The molecule has 0 aliphatic rings. The Morgan fingerprint density at radius 3 is 1.96 bits per heavy atom. The van der Waals surface area contributed by atoms with E-state index in [1.165, 1.54) is 26.2 Å². The predicted octanol–water partition coefficient (Wildman–Crippen LogP) is 3.79. The van der Waals surface area contributed by atoms with Crippen LogP contribution in [0.4, 0.5) is 0 Å². The quantitative estimate of drug-likeness (QED) is 0.218. The molecule has 2 aromatic rings. The van der Waals surface area contributed by atoms with Gasteiger partial charge < -0.3 is 0 Å². The molecule has 2 aromatic carbocycles. The van der Waals surface area contributed by atoms with Crippen molar-refractivity contribution in [2.24, 2.45) is 0 Å². The molecule has 0 aromatic heterocycles. The van der Waals surface area contributed by atoms with E-state index in [1.54, 1.807) is 0 Å². The number of benzene rings is 2. The van der Waals surface area contributed by atoms with Gasteiger partial charge in [-0.25, -0.2) is 0 Å². The molecule has 2 nitrogen and oxygen atoms in total. The number of esters is 1. The van der Waals surface area contributed by atoms with Gasteiger partial charge in [-0.15, -0.1) is 0 Å². The molecule has 144 valence electrons. The fraction of sp³-hybridized carbons (Fsp3) is 0.348. The normalized spacial score (nSPS) is 12.0. The minimum atomic E-state index is -0.127. The zero-order valence-electron chi connectivity index (χ0n) is 16.3. The van der Waals surface area contributed by atoms with Crippen LogP contribution in [0.1, 0.15) is 46.5 Å². The van der Waals surface area contributed by atoms with E-state index in [4.69, 9.17) is 4.74 Å². The molecule has 0 aliphatic heterocycles. The summed E-state index contributed by atoms with van der Waals surface area (Å²) < 4.78 is 10.4. The Morgan fingerprint density at radius 2 is 1.44 bits per heavy atom. The first-order valence-corrected chi connectivity index (χ1v) is 12.9. The molecule has 0 saturated heterocycles. The Morgan fingerprint density at radius 1 is 0.889 bits per heavy atom. The van der Waals surface area contributed by atoms with E-state index in [0.29, 0.717) is 0 Å². The molecule has 0 heterocycles. The first-order valence-electron chi connectivity index (χ1n) is 9.50. The summed E-state index contributed by atoms with van der Waals surface area (Å²) in [6, 6.07) is 20.9. The molecular formula is C23H28O2Se2. The van der Waals surface area contributed by atoms with E-state index in [9.17, 15) is 4.79 Å². The molecule has 0 N–H and O–H groups in total. The fourth-order valence-corrected chi connectivity index (χ4v) is 7.31. The molecule has 0 unspecified atom stereocenters. The van der Waals surface area contributed by atoms with Gasteiger partial charge in [-0.1, -0.05) is 0 Å². The number of hydrogen-bond donors (Lipinski definition) is 0. The van der Waals surface area contributed by atoms with Crippen molar-refractivity contribution in [1.29, 1.82) is 0 Å². The van der Waals surface area contributed by atoms with Crippen LogP contribution in [0.3, 0.4) is 0 Å². The number of allylic oxidation sites excluding steroid dienone is 1. The van der Waals surface area contributed by atoms with E-state index in [-0.39, 0.29) is 42.0 Å². The molecule has 27 heavy (non-hydrogen) atoms. The fourth-order valence-electron chi connectivity index (χ4n) is 2.46. The van der Waals surface area contributed by atoms with Crippen LogP contribution in [0, 0.1) is 0 Å². The van der Waals surface area contributed by atoms with Crippen LogP contribution in [-0.2, 0) is 9.53 Å².